The molecule has 1 amide bonds. The number of halogens is 3. The normalized spacial score (nSPS) is 18.5. The minimum atomic E-state index is -4.38. The molecule has 1 aliphatic rings. The molecule has 1 fully saturated rings. The van der Waals surface area contributed by atoms with Crippen LogP contribution in [0.25, 0.3) is 0 Å². The highest BCUT2D eigenvalue weighted by atomic mass is 19.4. The number of likely N-dealkylation sites (tertiary alicyclic amines) is 1. The van der Waals surface area contributed by atoms with Gasteiger partial charge in [0.15, 0.2) is 0 Å². The van der Waals surface area contributed by atoms with E-state index in [4.69, 9.17) is 5.11 Å². The van der Waals surface area contributed by atoms with Crippen molar-refractivity contribution in [2.45, 2.75) is 38.3 Å². The molecule has 1 aliphatic heterocycles. The van der Waals surface area contributed by atoms with Gasteiger partial charge < -0.3 is 10.0 Å². The van der Waals surface area contributed by atoms with E-state index in [1.165, 1.54) is 12.1 Å². The Kier molecular flexibility index (Phi) is 5.85. The Hall–Kier alpha value is -2.05. The Bertz CT molecular complexity index is 584. The van der Waals surface area contributed by atoms with Crippen molar-refractivity contribution in [1.29, 1.82) is 0 Å². The molecule has 1 aromatic carbocycles. The van der Waals surface area contributed by atoms with E-state index in [0.717, 1.165) is 25.0 Å². The molecule has 132 valence electrons. The van der Waals surface area contributed by atoms with E-state index in [0.29, 0.717) is 25.1 Å². The van der Waals surface area contributed by atoms with Gasteiger partial charge >= 0.3 is 12.1 Å². The number of alkyl halides is 3. The average Bonchev–Trinajstić information content (AvgIpc) is 2.53. The van der Waals surface area contributed by atoms with Gasteiger partial charge in [-0.2, -0.15) is 13.2 Å². The number of carboxylic acids is 1. The highest BCUT2D eigenvalue weighted by Crippen LogP contribution is 2.29. The summed E-state index contributed by atoms with van der Waals surface area (Å²) >= 11 is 0. The van der Waals surface area contributed by atoms with Gasteiger partial charge in [-0.05, 0) is 42.9 Å². The van der Waals surface area contributed by atoms with E-state index < -0.39 is 17.7 Å². The molecule has 0 spiro atoms. The summed E-state index contributed by atoms with van der Waals surface area (Å²) < 4.78 is 37.6. The first-order valence-electron chi connectivity index (χ1n) is 7.91. The largest absolute Gasteiger partial charge is 0.481 e. The maximum atomic E-state index is 12.5. The number of amides is 1. The van der Waals surface area contributed by atoms with Crippen LogP contribution in [0.4, 0.5) is 13.2 Å². The molecule has 0 radical (unpaired) electrons. The minimum Gasteiger partial charge on any atom is -0.481 e. The topological polar surface area (TPSA) is 57.6 Å². The monoisotopic (exact) mass is 343 g/mol. The van der Waals surface area contributed by atoms with Crippen molar-refractivity contribution >= 4 is 11.9 Å². The SMILES string of the molecule is O=C(O)CC[C@@H]1CCCN(C(=O)Cc2ccc(C(F)(F)F)cc2)C1. The van der Waals surface area contributed by atoms with Crippen LogP contribution in [0.3, 0.4) is 0 Å². The van der Waals surface area contributed by atoms with Gasteiger partial charge in [0.05, 0.1) is 12.0 Å². The van der Waals surface area contributed by atoms with Crippen molar-refractivity contribution in [3.8, 4) is 0 Å². The van der Waals surface area contributed by atoms with E-state index in [1.54, 1.807) is 4.90 Å². The van der Waals surface area contributed by atoms with Gasteiger partial charge in [-0.15, -0.1) is 0 Å². The molecule has 1 heterocycles. The third-order valence-corrected chi connectivity index (χ3v) is 4.27. The number of carbonyl (C=O) groups excluding carboxylic acids is 1. The average molecular weight is 343 g/mol. The first-order valence-corrected chi connectivity index (χ1v) is 7.91. The number of hydrogen-bond donors (Lipinski definition) is 1. The van der Waals surface area contributed by atoms with Crippen molar-refractivity contribution in [3.63, 3.8) is 0 Å². The van der Waals surface area contributed by atoms with E-state index in [9.17, 15) is 22.8 Å². The molecule has 7 heteroatoms. The highest BCUT2D eigenvalue weighted by Gasteiger charge is 2.30. The van der Waals surface area contributed by atoms with Crippen LogP contribution in [-0.2, 0) is 22.2 Å². The Balaban J connectivity index is 1.90. The molecule has 4 nitrogen and oxygen atoms in total. The number of piperidine rings is 1. The maximum absolute atomic E-state index is 12.5. The molecule has 1 aromatic rings. The number of rotatable bonds is 5. The fourth-order valence-electron chi connectivity index (χ4n) is 2.95. The van der Waals surface area contributed by atoms with Crippen LogP contribution >= 0.6 is 0 Å². The molecule has 0 aromatic heterocycles. The van der Waals surface area contributed by atoms with Crippen molar-refractivity contribution in [2.24, 2.45) is 5.92 Å². The molecule has 0 saturated carbocycles. The summed E-state index contributed by atoms with van der Waals surface area (Å²) in [6.45, 7) is 1.13. The van der Waals surface area contributed by atoms with Gasteiger partial charge in [0.1, 0.15) is 0 Å². The summed E-state index contributed by atoms with van der Waals surface area (Å²) in [6.07, 6.45) is -1.97. The molecular formula is C17H20F3NO3. The maximum Gasteiger partial charge on any atom is 0.416 e. The number of nitrogens with zero attached hydrogens (tertiary/aromatic N) is 1. The molecule has 0 bridgehead atoms. The molecule has 1 N–H and O–H groups in total. The summed E-state index contributed by atoms with van der Waals surface area (Å²) in [6, 6.07) is 4.61. The van der Waals surface area contributed by atoms with Crippen LogP contribution in [-0.4, -0.2) is 35.0 Å². The lowest BCUT2D eigenvalue weighted by Gasteiger charge is -2.32. The van der Waals surface area contributed by atoms with Crippen LogP contribution in [0.15, 0.2) is 24.3 Å². The Morgan fingerprint density at radius 2 is 1.88 bits per heavy atom. The van der Waals surface area contributed by atoms with Crippen LogP contribution in [0, 0.1) is 5.92 Å². The molecule has 24 heavy (non-hydrogen) atoms. The van der Waals surface area contributed by atoms with Crippen molar-refractivity contribution in [3.05, 3.63) is 35.4 Å². The van der Waals surface area contributed by atoms with Gasteiger partial charge in [-0.25, -0.2) is 0 Å². The lowest BCUT2D eigenvalue weighted by Crippen LogP contribution is -2.40. The Morgan fingerprint density at radius 3 is 2.46 bits per heavy atom. The zero-order valence-electron chi connectivity index (χ0n) is 13.2. The third-order valence-electron chi connectivity index (χ3n) is 4.27. The third kappa shape index (κ3) is 5.25. The molecule has 1 atom stereocenters. The first-order chi connectivity index (χ1) is 11.3. The van der Waals surface area contributed by atoms with Gasteiger partial charge in [0, 0.05) is 19.5 Å². The van der Waals surface area contributed by atoms with Gasteiger partial charge in [-0.1, -0.05) is 12.1 Å². The number of carboxylic acid groups (broad SMARTS) is 1. The summed E-state index contributed by atoms with van der Waals surface area (Å²) in [7, 11) is 0. The molecule has 1 saturated heterocycles. The second-order valence-corrected chi connectivity index (χ2v) is 6.15. The summed E-state index contributed by atoms with van der Waals surface area (Å²) in [5.41, 5.74) is -0.189. The van der Waals surface area contributed by atoms with E-state index in [-0.39, 0.29) is 24.7 Å². The van der Waals surface area contributed by atoms with Crippen LogP contribution in [0.5, 0.6) is 0 Å². The zero-order valence-corrected chi connectivity index (χ0v) is 13.2. The van der Waals surface area contributed by atoms with E-state index >= 15 is 0 Å². The predicted octanol–water partition coefficient (Wildman–Crippen LogP) is 3.35. The number of aliphatic carboxylic acids is 1. The van der Waals surface area contributed by atoms with Gasteiger partial charge in [0.2, 0.25) is 5.91 Å². The van der Waals surface area contributed by atoms with Crippen LogP contribution in [0.2, 0.25) is 0 Å². The van der Waals surface area contributed by atoms with Crippen LogP contribution < -0.4 is 0 Å². The lowest BCUT2D eigenvalue weighted by molar-refractivity contribution is -0.138. The number of hydrogen-bond acceptors (Lipinski definition) is 2. The fourth-order valence-corrected chi connectivity index (χ4v) is 2.95. The number of benzene rings is 1. The second-order valence-electron chi connectivity index (χ2n) is 6.15. The standard InChI is InChI=1S/C17H20F3NO3/c18-17(19,20)14-6-3-12(4-7-14)10-15(22)21-9-1-2-13(11-21)5-8-16(23)24/h3-4,6-7,13H,1-2,5,8-11H2,(H,23,24)/t13-/m0/s1. The van der Waals surface area contributed by atoms with Crippen molar-refractivity contribution < 1.29 is 27.9 Å². The Labute approximate surface area is 138 Å². The van der Waals surface area contributed by atoms with E-state index in [1.807, 2.05) is 0 Å². The second kappa shape index (κ2) is 7.68. The summed E-state index contributed by atoms with van der Waals surface area (Å²) in [5, 5.41) is 8.73. The van der Waals surface area contributed by atoms with Gasteiger partial charge in [-0.3, -0.25) is 9.59 Å². The summed E-state index contributed by atoms with van der Waals surface area (Å²) in [4.78, 5) is 24.6. The lowest BCUT2D eigenvalue weighted by atomic mass is 9.93. The Morgan fingerprint density at radius 1 is 1.21 bits per heavy atom. The minimum absolute atomic E-state index is 0.0593. The molecular weight excluding hydrogens is 323 g/mol. The zero-order chi connectivity index (χ0) is 17.7. The van der Waals surface area contributed by atoms with Crippen molar-refractivity contribution in [1.82, 2.24) is 4.90 Å². The number of carbonyl (C=O) groups is 2. The predicted molar refractivity (Wildman–Crippen MR) is 81.3 cm³/mol. The quantitative estimate of drug-likeness (QED) is 0.892. The van der Waals surface area contributed by atoms with Gasteiger partial charge in [0.25, 0.3) is 0 Å². The molecule has 0 aliphatic carbocycles. The smallest absolute Gasteiger partial charge is 0.416 e. The molecule has 0 unspecified atom stereocenters. The summed E-state index contributed by atoms with van der Waals surface area (Å²) in [5.74, 6) is -0.801. The highest BCUT2D eigenvalue weighted by molar-refractivity contribution is 5.79. The first kappa shape index (κ1) is 18.3. The molecule has 2 rings (SSSR count). The fraction of sp³-hybridized carbons (Fsp3) is 0.529. The van der Waals surface area contributed by atoms with E-state index in [2.05, 4.69) is 0 Å². The van der Waals surface area contributed by atoms with Crippen LogP contribution in [0.1, 0.15) is 36.8 Å². The van der Waals surface area contributed by atoms with Crippen molar-refractivity contribution in [2.75, 3.05) is 13.1 Å².